The molecule has 130 valence electrons. The van der Waals surface area contributed by atoms with Gasteiger partial charge in [0.05, 0.1) is 6.20 Å². The molecule has 2 saturated heterocycles. The number of fused-ring (bicyclic) bond motifs is 4. The summed E-state index contributed by atoms with van der Waals surface area (Å²) in [7, 11) is -3.83. The largest absolute Gasteiger partial charge is 0.336 e. The molecule has 1 amide bonds. The van der Waals surface area contributed by atoms with Gasteiger partial charge >= 0.3 is 0 Å². The minimum absolute atomic E-state index is 0.0994. The molecule has 3 fully saturated rings. The molecule has 3 aliphatic rings. The first kappa shape index (κ1) is 15.0. The Bertz CT molecular complexity index is 945. The Hall–Kier alpha value is -2.33. The molecule has 5 atom stereocenters. The first-order chi connectivity index (χ1) is 12.0. The highest BCUT2D eigenvalue weighted by Gasteiger charge is 2.74. The zero-order chi connectivity index (χ0) is 17.3. The lowest BCUT2D eigenvalue weighted by Gasteiger charge is -2.23. The maximum absolute atomic E-state index is 13.9. The first-order valence-corrected chi connectivity index (χ1v) is 9.37. The number of hydrogen-bond acceptors (Lipinski definition) is 5. The second kappa shape index (κ2) is 4.85. The van der Waals surface area contributed by atoms with Gasteiger partial charge in [0.25, 0.3) is 5.91 Å². The molecule has 1 aromatic heterocycles. The standard InChI is InChI=1S/C15H14FN5O3S/c16-10-3-1-2-4-12(10)25(23,24)21-13-8-6-20(7-9(8)14(13)21)15(22)11-5-17-19-18-11/h1-5,8-9,13-14H,6-7H2,(H,17,18,19)/t8-,9+,13?,14?,21?. The topological polar surface area (TPSA) is 99.0 Å². The van der Waals surface area contributed by atoms with Gasteiger partial charge in [-0.2, -0.15) is 19.7 Å². The summed E-state index contributed by atoms with van der Waals surface area (Å²) in [6.07, 6.45) is 1.37. The summed E-state index contributed by atoms with van der Waals surface area (Å²) < 4.78 is 40.7. The van der Waals surface area contributed by atoms with Crippen LogP contribution >= 0.6 is 0 Å². The number of rotatable bonds is 3. The summed E-state index contributed by atoms with van der Waals surface area (Å²) in [5.41, 5.74) is 0.255. The number of nitrogens with one attached hydrogen (secondary N) is 1. The van der Waals surface area contributed by atoms with Gasteiger partial charge in [-0.05, 0) is 12.1 Å². The lowest BCUT2D eigenvalue weighted by atomic mass is 9.77. The van der Waals surface area contributed by atoms with Crippen molar-refractivity contribution in [3.8, 4) is 0 Å². The molecule has 0 radical (unpaired) electrons. The lowest BCUT2D eigenvalue weighted by Crippen LogP contribution is -2.34. The number of carbonyl (C=O) groups is 1. The van der Waals surface area contributed by atoms with E-state index in [1.807, 2.05) is 0 Å². The first-order valence-electron chi connectivity index (χ1n) is 7.93. The molecule has 2 aliphatic heterocycles. The van der Waals surface area contributed by atoms with E-state index in [2.05, 4.69) is 15.4 Å². The van der Waals surface area contributed by atoms with Crippen molar-refractivity contribution in [1.82, 2.24) is 24.6 Å². The Balaban J connectivity index is 1.33. The van der Waals surface area contributed by atoms with Crippen molar-refractivity contribution >= 4 is 15.9 Å². The molecule has 0 spiro atoms. The highest BCUT2D eigenvalue weighted by molar-refractivity contribution is 7.89. The third kappa shape index (κ3) is 1.94. The van der Waals surface area contributed by atoms with Crippen molar-refractivity contribution in [2.45, 2.75) is 17.0 Å². The van der Waals surface area contributed by atoms with E-state index in [4.69, 9.17) is 0 Å². The van der Waals surface area contributed by atoms with Crippen molar-refractivity contribution in [3.05, 3.63) is 42.0 Å². The van der Waals surface area contributed by atoms with Crippen LogP contribution < -0.4 is 0 Å². The van der Waals surface area contributed by atoms with Crippen LogP contribution in [-0.2, 0) is 10.0 Å². The number of H-pyrrole nitrogens is 1. The van der Waals surface area contributed by atoms with Crippen molar-refractivity contribution < 1.29 is 17.6 Å². The van der Waals surface area contributed by atoms with Gasteiger partial charge in [0.1, 0.15) is 10.7 Å². The van der Waals surface area contributed by atoms with Crippen molar-refractivity contribution in [2.24, 2.45) is 11.8 Å². The normalized spacial score (nSPS) is 32.7. The lowest BCUT2D eigenvalue weighted by molar-refractivity contribution is 0.0779. The van der Waals surface area contributed by atoms with Gasteiger partial charge in [-0.3, -0.25) is 4.79 Å². The average Bonchev–Trinajstić information content (AvgIpc) is 2.93. The molecule has 3 unspecified atom stereocenters. The zero-order valence-electron chi connectivity index (χ0n) is 12.9. The number of aromatic nitrogens is 3. The van der Waals surface area contributed by atoms with E-state index in [1.165, 1.54) is 28.7 Å². The molecular weight excluding hydrogens is 349 g/mol. The number of sulfonamides is 1. The van der Waals surface area contributed by atoms with Gasteiger partial charge in [0.15, 0.2) is 5.69 Å². The van der Waals surface area contributed by atoms with E-state index in [0.29, 0.717) is 13.1 Å². The number of hydrogen-bond donors (Lipinski definition) is 1. The number of carbonyl (C=O) groups excluding carboxylic acids is 1. The van der Waals surface area contributed by atoms with Crippen LogP contribution in [0.5, 0.6) is 0 Å². The second-order valence-corrected chi connectivity index (χ2v) is 8.45. The number of amides is 1. The molecular formula is C15H14FN5O3S. The zero-order valence-corrected chi connectivity index (χ0v) is 13.7. The van der Waals surface area contributed by atoms with Crippen LogP contribution in [0.15, 0.2) is 35.4 Å². The highest BCUT2D eigenvalue weighted by Crippen LogP contribution is 2.60. The van der Waals surface area contributed by atoms with Crippen molar-refractivity contribution in [1.29, 1.82) is 0 Å². The summed E-state index contributed by atoms with van der Waals surface area (Å²) in [6, 6.07) is 5.15. The van der Waals surface area contributed by atoms with E-state index in [1.54, 1.807) is 4.90 Å². The Morgan fingerprint density at radius 1 is 1.20 bits per heavy atom. The number of benzene rings is 1. The Labute approximate surface area is 142 Å². The van der Waals surface area contributed by atoms with E-state index in [0.717, 1.165) is 6.07 Å². The van der Waals surface area contributed by atoms with E-state index in [-0.39, 0.29) is 40.4 Å². The summed E-state index contributed by atoms with van der Waals surface area (Å²) in [5, 5.41) is 9.83. The van der Waals surface area contributed by atoms with Crippen LogP contribution in [0.3, 0.4) is 0 Å². The van der Waals surface area contributed by atoms with Crippen LogP contribution in [0.4, 0.5) is 4.39 Å². The summed E-state index contributed by atoms with van der Waals surface area (Å²) in [6.45, 7) is 0.974. The molecule has 3 heterocycles. The quantitative estimate of drug-likeness (QED) is 0.779. The maximum Gasteiger partial charge on any atom is 0.276 e. The fourth-order valence-corrected chi connectivity index (χ4v) is 6.22. The van der Waals surface area contributed by atoms with Gasteiger partial charge in [0, 0.05) is 37.0 Å². The molecule has 1 N–H and O–H groups in total. The summed E-state index contributed by atoms with van der Waals surface area (Å²) >= 11 is 0. The molecule has 5 rings (SSSR count). The number of nitrogens with zero attached hydrogens (tertiary/aromatic N) is 4. The third-order valence-electron chi connectivity index (χ3n) is 5.45. The Morgan fingerprint density at radius 3 is 2.48 bits per heavy atom. The average molecular weight is 363 g/mol. The van der Waals surface area contributed by atoms with Gasteiger partial charge in [0.2, 0.25) is 10.0 Å². The Morgan fingerprint density at radius 2 is 1.88 bits per heavy atom. The number of likely N-dealkylation sites (tertiary alicyclic amines) is 1. The maximum atomic E-state index is 13.9. The minimum atomic E-state index is -3.83. The molecule has 1 saturated carbocycles. The number of halogens is 1. The second-order valence-electron chi connectivity index (χ2n) is 6.64. The summed E-state index contributed by atoms with van der Waals surface area (Å²) in [5.74, 6) is -0.738. The monoisotopic (exact) mass is 363 g/mol. The van der Waals surface area contributed by atoms with Gasteiger partial charge in [-0.15, -0.1) is 0 Å². The fourth-order valence-electron chi connectivity index (χ4n) is 4.28. The van der Waals surface area contributed by atoms with Crippen LogP contribution in [0.2, 0.25) is 0 Å². The molecule has 0 bridgehead atoms. The van der Waals surface area contributed by atoms with Crippen LogP contribution in [0, 0.1) is 17.7 Å². The van der Waals surface area contributed by atoms with Crippen LogP contribution in [0.1, 0.15) is 10.5 Å². The predicted molar refractivity (Wildman–Crippen MR) is 82.3 cm³/mol. The van der Waals surface area contributed by atoms with Crippen molar-refractivity contribution in [3.63, 3.8) is 0 Å². The van der Waals surface area contributed by atoms with Gasteiger partial charge in [-0.25, -0.2) is 12.8 Å². The highest BCUT2D eigenvalue weighted by atomic mass is 32.2. The van der Waals surface area contributed by atoms with Crippen molar-refractivity contribution in [2.75, 3.05) is 13.1 Å². The third-order valence-corrected chi connectivity index (χ3v) is 7.38. The van der Waals surface area contributed by atoms with Gasteiger partial charge in [-0.1, -0.05) is 12.1 Å². The SMILES string of the molecule is O=C(c1cn[nH]n1)N1C[C@@H]2C3C([C@@H]2C1)N3S(=O)(=O)c1ccccc1F. The van der Waals surface area contributed by atoms with Crippen LogP contribution in [0.25, 0.3) is 0 Å². The van der Waals surface area contributed by atoms with Gasteiger partial charge < -0.3 is 4.90 Å². The van der Waals surface area contributed by atoms with E-state index in [9.17, 15) is 17.6 Å². The molecule has 25 heavy (non-hydrogen) atoms. The predicted octanol–water partition coefficient (Wildman–Crippen LogP) is 0.0873. The minimum Gasteiger partial charge on any atom is -0.336 e. The summed E-state index contributed by atoms with van der Waals surface area (Å²) in [4.78, 5) is 13.7. The molecule has 10 heteroatoms. The molecule has 2 aromatic rings. The Kier molecular flexibility index (Phi) is 2.91. The smallest absolute Gasteiger partial charge is 0.276 e. The van der Waals surface area contributed by atoms with E-state index < -0.39 is 15.8 Å². The fraction of sp³-hybridized carbons (Fsp3) is 0.400. The molecule has 1 aliphatic carbocycles. The number of aromatic amines is 1. The van der Waals surface area contributed by atoms with Crippen LogP contribution in [-0.4, -0.2) is 64.1 Å². The molecule has 8 nitrogen and oxygen atoms in total. The molecule has 1 aromatic carbocycles. The van der Waals surface area contributed by atoms with E-state index >= 15 is 0 Å².